The maximum atomic E-state index is 13.0. The Kier molecular flexibility index (Phi) is 4.48. The fourth-order valence-corrected chi connectivity index (χ4v) is 3.14. The van der Waals surface area contributed by atoms with Crippen LogP contribution in [0.4, 0.5) is 4.39 Å². The second-order valence-corrected chi connectivity index (χ2v) is 6.75. The van der Waals surface area contributed by atoms with Crippen molar-refractivity contribution < 1.29 is 13.7 Å². The summed E-state index contributed by atoms with van der Waals surface area (Å²) in [5.41, 5.74) is 0.529. The number of halogens is 1. The minimum Gasteiger partial charge on any atom is -0.338 e. The van der Waals surface area contributed by atoms with Crippen molar-refractivity contribution >= 4 is 5.91 Å². The SMILES string of the molecule is O=C(c1ccc(F)cc1)N1CCCN(Cc2nc(C3CC3)no2)CC1. The molecule has 0 spiro atoms. The molecule has 0 N–H and O–H groups in total. The van der Waals surface area contributed by atoms with Gasteiger partial charge in [-0.15, -0.1) is 0 Å². The molecule has 132 valence electrons. The van der Waals surface area contributed by atoms with E-state index in [0.717, 1.165) is 38.2 Å². The standard InChI is InChI=1S/C18H21FN4O2/c19-15-6-4-14(5-7-15)18(24)23-9-1-8-22(10-11-23)12-16-20-17(21-25-16)13-2-3-13/h4-7,13H,1-3,8-12H2. The maximum Gasteiger partial charge on any atom is 0.253 e. The molecule has 2 heterocycles. The predicted molar refractivity (Wildman–Crippen MR) is 88.5 cm³/mol. The largest absolute Gasteiger partial charge is 0.338 e. The molecule has 1 aliphatic carbocycles. The number of nitrogens with zero attached hydrogens (tertiary/aromatic N) is 4. The lowest BCUT2D eigenvalue weighted by molar-refractivity contribution is 0.0760. The third kappa shape index (κ3) is 3.87. The first kappa shape index (κ1) is 16.2. The summed E-state index contributed by atoms with van der Waals surface area (Å²) in [5.74, 6) is 1.60. The Hall–Kier alpha value is -2.28. The lowest BCUT2D eigenvalue weighted by Crippen LogP contribution is -2.35. The number of aromatic nitrogens is 2. The molecular formula is C18H21FN4O2. The van der Waals surface area contributed by atoms with Crippen LogP contribution in [-0.2, 0) is 6.54 Å². The van der Waals surface area contributed by atoms with Crippen LogP contribution in [0.5, 0.6) is 0 Å². The van der Waals surface area contributed by atoms with Crippen LogP contribution in [0.25, 0.3) is 0 Å². The summed E-state index contributed by atoms with van der Waals surface area (Å²) in [7, 11) is 0. The van der Waals surface area contributed by atoms with Crippen molar-refractivity contribution in [1.82, 2.24) is 19.9 Å². The van der Waals surface area contributed by atoms with Crippen LogP contribution in [0.1, 0.15) is 47.3 Å². The fourth-order valence-electron chi connectivity index (χ4n) is 3.14. The van der Waals surface area contributed by atoms with E-state index < -0.39 is 0 Å². The average molecular weight is 344 g/mol. The zero-order valence-corrected chi connectivity index (χ0v) is 14.0. The number of hydrogen-bond acceptors (Lipinski definition) is 5. The minimum atomic E-state index is -0.330. The Morgan fingerprint density at radius 2 is 1.96 bits per heavy atom. The van der Waals surface area contributed by atoms with E-state index in [2.05, 4.69) is 15.0 Å². The van der Waals surface area contributed by atoms with Crippen molar-refractivity contribution in [1.29, 1.82) is 0 Å². The van der Waals surface area contributed by atoms with Gasteiger partial charge in [0.1, 0.15) is 5.82 Å². The molecule has 0 radical (unpaired) electrons. The van der Waals surface area contributed by atoms with Crippen LogP contribution in [0.2, 0.25) is 0 Å². The smallest absolute Gasteiger partial charge is 0.253 e. The number of benzene rings is 1. The Balaban J connectivity index is 1.34. The highest BCUT2D eigenvalue weighted by atomic mass is 19.1. The molecule has 7 heteroatoms. The van der Waals surface area contributed by atoms with Gasteiger partial charge in [-0.2, -0.15) is 4.98 Å². The number of amides is 1. The van der Waals surface area contributed by atoms with Crippen LogP contribution in [0.3, 0.4) is 0 Å². The molecule has 1 saturated carbocycles. The highest BCUT2D eigenvalue weighted by molar-refractivity contribution is 5.94. The monoisotopic (exact) mass is 344 g/mol. The molecule has 1 saturated heterocycles. The van der Waals surface area contributed by atoms with Crippen LogP contribution in [0, 0.1) is 5.82 Å². The van der Waals surface area contributed by atoms with Crippen LogP contribution in [-0.4, -0.2) is 52.0 Å². The van der Waals surface area contributed by atoms with E-state index in [-0.39, 0.29) is 11.7 Å². The van der Waals surface area contributed by atoms with Crippen molar-refractivity contribution in [3.8, 4) is 0 Å². The lowest BCUT2D eigenvalue weighted by atomic mass is 10.2. The quantitative estimate of drug-likeness (QED) is 0.852. The van der Waals surface area contributed by atoms with Gasteiger partial charge in [-0.25, -0.2) is 4.39 Å². The van der Waals surface area contributed by atoms with Gasteiger partial charge in [0.15, 0.2) is 5.82 Å². The first-order valence-corrected chi connectivity index (χ1v) is 8.79. The van der Waals surface area contributed by atoms with Crippen molar-refractivity contribution in [2.24, 2.45) is 0 Å². The second kappa shape index (κ2) is 6.92. The molecule has 2 fully saturated rings. The first-order chi connectivity index (χ1) is 12.2. The average Bonchev–Trinajstić information content (AvgIpc) is 3.40. The Labute approximate surface area is 145 Å². The molecule has 0 bridgehead atoms. The van der Waals surface area contributed by atoms with Gasteiger partial charge < -0.3 is 9.42 Å². The molecule has 2 aromatic rings. The summed E-state index contributed by atoms with van der Waals surface area (Å²) in [6.45, 7) is 3.60. The fraction of sp³-hybridized carbons (Fsp3) is 0.500. The van der Waals surface area contributed by atoms with Gasteiger partial charge in [0.05, 0.1) is 6.54 Å². The van der Waals surface area contributed by atoms with Gasteiger partial charge in [-0.05, 0) is 43.5 Å². The van der Waals surface area contributed by atoms with Crippen molar-refractivity contribution in [2.45, 2.75) is 31.7 Å². The Morgan fingerprint density at radius 1 is 1.16 bits per heavy atom. The first-order valence-electron chi connectivity index (χ1n) is 8.79. The highest BCUT2D eigenvalue weighted by Crippen LogP contribution is 2.38. The molecule has 0 unspecified atom stereocenters. The molecule has 1 aliphatic heterocycles. The van der Waals surface area contributed by atoms with Crippen molar-refractivity contribution in [3.05, 3.63) is 47.4 Å². The van der Waals surface area contributed by atoms with Crippen LogP contribution >= 0.6 is 0 Å². The van der Waals surface area contributed by atoms with Gasteiger partial charge in [0, 0.05) is 37.7 Å². The van der Waals surface area contributed by atoms with Gasteiger partial charge in [-0.1, -0.05) is 5.16 Å². The second-order valence-electron chi connectivity index (χ2n) is 6.75. The van der Waals surface area contributed by atoms with E-state index in [0.29, 0.717) is 37.0 Å². The van der Waals surface area contributed by atoms with Gasteiger partial charge >= 0.3 is 0 Å². The normalized spacial score (nSPS) is 19.0. The van der Waals surface area contributed by atoms with Gasteiger partial charge in [0.2, 0.25) is 5.89 Å². The Bertz CT molecular complexity index is 742. The van der Waals surface area contributed by atoms with Crippen LogP contribution in [0.15, 0.2) is 28.8 Å². The van der Waals surface area contributed by atoms with E-state index in [9.17, 15) is 9.18 Å². The topological polar surface area (TPSA) is 62.5 Å². The van der Waals surface area contributed by atoms with Crippen molar-refractivity contribution in [2.75, 3.05) is 26.2 Å². The minimum absolute atomic E-state index is 0.0457. The summed E-state index contributed by atoms with van der Waals surface area (Å²) in [4.78, 5) is 21.1. The van der Waals surface area contributed by atoms with Gasteiger partial charge in [-0.3, -0.25) is 9.69 Å². The predicted octanol–water partition coefficient (Wildman–Crippen LogP) is 2.43. The molecule has 0 atom stereocenters. The molecule has 6 nitrogen and oxygen atoms in total. The molecule has 1 aromatic carbocycles. The molecule has 1 aromatic heterocycles. The summed E-state index contributed by atoms with van der Waals surface area (Å²) in [6, 6.07) is 5.73. The zero-order valence-electron chi connectivity index (χ0n) is 14.0. The summed E-state index contributed by atoms with van der Waals surface area (Å²) in [5, 5.41) is 4.05. The van der Waals surface area contributed by atoms with Crippen molar-refractivity contribution in [3.63, 3.8) is 0 Å². The van der Waals surface area contributed by atoms with E-state index >= 15 is 0 Å². The Morgan fingerprint density at radius 3 is 2.72 bits per heavy atom. The van der Waals surface area contributed by atoms with E-state index in [1.165, 1.54) is 24.3 Å². The number of carbonyl (C=O) groups is 1. The number of carbonyl (C=O) groups excluding carboxylic acids is 1. The number of hydrogen-bond donors (Lipinski definition) is 0. The summed E-state index contributed by atoms with van der Waals surface area (Å²) >= 11 is 0. The van der Waals surface area contributed by atoms with Gasteiger partial charge in [0.25, 0.3) is 5.91 Å². The van der Waals surface area contributed by atoms with Crippen LogP contribution < -0.4 is 0 Å². The third-order valence-electron chi connectivity index (χ3n) is 4.75. The van der Waals surface area contributed by atoms with E-state index in [4.69, 9.17) is 4.52 Å². The molecule has 1 amide bonds. The highest BCUT2D eigenvalue weighted by Gasteiger charge is 2.29. The molecular weight excluding hydrogens is 323 g/mol. The van der Waals surface area contributed by atoms with E-state index in [1.54, 1.807) is 0 Å². The summed E-state index contributed by atoms with van der Waals surface area (Å²) < 4.78 is 18.4. The molecule has 25 heavy (non-hydrogen) atoms. The van der Waals surface area contributed by atoms with E-state index in [1.807, 2.05) is 4.90 Å². The lowest BCUT2D eigenvalue weighted by Gasteiger charge is -2.21. The molecule has 4 rings (SSSR count). The number of rotatable bonds is 4. The third-order valence-corrected chi connectivity index (χ3v) is 4.75. The summed E-state index contributed by atoms with van der Waals surface area (Å²) in [6.07, 6.45) is 3.20. The zero-order chi connectivity index (χ0) is 17.2. The molecule has 2 aliphatic rings. The maximum absolute atomic E-state index is 13.0.